The van der Waals surface area contributed by atoms with E-state index in [1.165, 1.54) is 0 Å². The number of carboxylic acid groups (broad SMARTS) is 1. The Balaban J connectivity index is 3.80. The Hall–Kier alpha value is -0.730. The third kappa shape index (κ3) is 9.57. The Morgan fingerprint density at radius 1 is 1.47 bits per heavy atom. The maximum atomic E-state index is 12.0. The first-order valence-electron chi connectivity index (χ1n) is 4.33. The summed E-state index contributed by atoms with van der Waals surface area (Å²) < 4.78 is 33.9. The van der Waals surface area contributed by atoms with E-state index in [4.69, 9.17) is 0 Å². The van der Waals surface area contributed by atoms with Gasteiger partial charge < -0.3 is 14.4 Å². The van der Waals surface area contributed by atoms with Gasteiger partial charge in [-0.15, -0.1) is 0 Å². The first-order chi connectivity index (χ1) is 6.62. The largest absolute Gasteiger partial charge is 0.544 e. The molecule has 0 spiro atoms. The fraction of sp³-hybridized carbons (Fsp3) is 0.857. The molecule has 0 saturated heterocycles. The van der Waals surface area contributed by atoms with Crippen LogP contribution in [-0.2, 0) is 15.2 Å². The number of nitrogens with one attached hydrogen (secondary N) is 1. The number of likely N-dealkylation sites (N-methyl/N-ethyl adjacent to an activating group) is 1. The SMILES string of the molecule is C[N+](C)(CCCNS(=O)(=O)F)CC(=O)[O-]. The fourth-order valence-corrected chi connectivity index (χ4v) is 1.52. The van der Waals surface area contributed by atoms with Crippen LogP contribution in [0.1, 0.15) is 6.42 Å². The van der Waals surface area contributed by atoms with Crippen molar-refractivity contribution in [3.63, 3.8) is 0 Å². The second-order valence-electron chi connectivity index (χ2n) is 3.88. The van der Waals surface area contributed by atoms with Gasteiger partial charge in [-0.3, -0.25) is 0 Å². The lowest BCUT2D eigenvalue weighted by molar-refractivity contribution is -0.884. The molecule has 0 bridgehead atoms. The van der Waals surface area contributed by atoms with Gasteiger partial charge in [0.05, 0.1) is 26.6 Å². The average Bonchev–Trinajstić information content (AvgIpc) is 1.93. The maximum Gasteiger partial charge on any atom is 0.372 e. The molecule has 0 aromatic rings. The molecule has 8 heteroatoms. The first kappa shape index (κ1) is 14.3. The van der Waals surface area contributed by atoms with Crippen LogP contribution in [0.2, 0.25) is 0 Å². The highest BCUT2D eigenvalue weighted by Crippen LogP contribution is 1.98. The lowest BCUT2D eigenvalue weighted by atomic mass is 10.3. The zero-order valence-corrected chi connectivity index (χ0v) is 9.51. The normalized spacial score (nSPS) is 12.7. The fourth-order valence-electron chi connectivity index (χ4n) is 1.13. The van der Waals surface area contributed by atoms with Gasteiger partial charge in [0.2, 0.25) is 0 Å². The standard InChI is InChI=1S/C7H15FN2O4S/c1-10(2,6-7(11)12)5-3-4-9-15(8,13)14/h9H,3-6H2,1-2H3. The van der Waals surface area contributed by atoms with E-state index in [2.05, 4.69) is 0 Å². The van der Waals surface area contributed by atoms with Gasteiger partial charge in [0.15, 0.2) is 0 Å². The minimum absolute atomic E-state index is 0.0481. The second-order valence-corrected chi connectivity index (χ2v) is 5.04. The molecule has 0 aliphatic heterocycles. The molecule has 0 amide bonds. The highest BCUT2D eigenvalue weighted by molar-refractivity contribution is 7.84. The monoisotopic (exact) mass is 242 g/mol. The molecule has 90 valence electrons. The van der Waals surface area contributed by atoms with Crippen molar-refractivity contribution in [1.82, 2.24) is 4.72 Å². The number of hydrogen-bond acceptors (Lipinski definition) is 4. The summed E-state index contributed by atoms with van der Waals surface area (Å²) in [6.07, 6.45) is 0.351. The third-order valence-electron chi connectivity index (χ3n) is 1.77. The molecule has 0 rings (SSSR count). The number of aliphatic carboxylic acids is 1. The predicted octanol–water partition coefficient (Wildman–Crippen LogP) is -1.99. The Morgan fingerprint density at radius 2 is 2.00 bits per heavy atom. The van der Waals surface area contributed by atoms with Crippen LogP contribution in [-0.4, -0.2) is 52.6 Å². The van der Waals surface area contributed by atoms with E-state index in [-0.39, 0.29) is 17.6 Å². The molecule has 0 aromatic heterocycles. The summed E-state index contributed by atoms with van der Waals surface area (Å²) in [6.45, 7) is 0.201. The molecule has 0 aliphatic rings. The molecule has 0 unspecified atom stereocenters. The summed E-state index contributed by atoms with van der Waals surface area (Å²) in [5, 5.41) is 10.3. The van der Waals surface area contributed by atoms with Crippen LogP contribution in [0, 0.1) is 0 Å². The Morgan fingerprint density at radius 3 is 2.40 bits per heavy atom. The van der Waals surface area contributed by atoms with Crippen LogP contribution in [0.4, 0.5) is 3.89 Å². The molecular weight excluding hydrogens is 227 g/mol. The summed E-state index contributed by atoms with van der Waals surface area (Å²) in [5.41, 5.74) is 0. The van der Waals surface area contributed by atoms with E-state index >= 15 is 0 Å². The number of rotatable bonds is 7. The van der Waals surface area contributed by atoms with Crippen LogP contribution in [0.25, 0.3) is 0 Å². The number of carboxylic acids is 1. The van der Waals surface area contributed by atoms with Crippen molar-refractivity contribution in [2.24, 2.45) is 0 Å². The van der Waals surface area contributed by atoms with Crippen LogP contribution < -0.4 is 9.83 Å². The summed E-state index contributed by atoms with van der Waals surface area (Å²) >= 11 is 0. The highest BCUT2D eigenvalue weighted by atomic mass is 32.3. The molecule has 1 N–H and O–H groups in total. The lowest BCUT2D eigenvalue weighted by Gasteiger charge is -2.29. The van der Waals surface area contributed by atoms with Crippen molar-refractivity contribution in [2.45, 2.75) is 6.42 Å². The van der Waals surface area contributed by atoms with Gasteiger partial charge in [0.1, 0.15) is 6.54 Å². The van der Waals surface area contributed by atoms with Gasteiger partial charge >= 0.3 is 10.4 Å². The van der Waals surface area contributed by atoms with Gasteiger partial charge in [-0.05, 0) is 0 Å². The van der Waals surface area contributed by atoms with Crippen molar-refractivity contribution >= 4 is 16.4 Å². The van der Waals surface area contributed by atoms with Crippen molar-refractivity contribution in [2.75, 3.05) is 33.7 Å². The van der Waals surface area contributed by atoms with Crippen molar-refractivity contribution in [3.05, 3.63) is 0 Å². The molecule has 0 radical (unpaired) electrons. The van der Waals surface area contributed by atoms with Gasteiger partial charge in [-0.25, -0.2) is 0 Å². The highest BCUT2D eigenvalue weighted by Gasteiger charge is 2.15. The number of halogens is 1. The minimum atomic E-state index is -4.65. The summed E-state index contributed by atoms with van der Waals surface area (Å²) in [7, 11) is -1.32. The maximum absolute atomic E-state index is 12.0. The lowest BCUT2D eigenvalue weighted by Crippen LogP contribution is -2.49. The number of carbonyl (C=O) groups is 1. The summed E-state index contributed by atoms with van der Waals surface area (Å²) in [5.74, 6) is -1.17. The predicted molar refractivity (Wildman–Crippen MR) is 49.5 cm³/mol. The second kappa shape index (κ2) is 5.38. The van der Waals surface area contributed by atoms with E-state index in [0.717, 1.165) is 0 Å². The van der Waals surface area contributed by atoms with Crippen molar-refractivity contribution in [3.8, 4) is 0 Å². The first-order valence-corrected chi connectivity index (χ1v) is 5.72. The summed E-state index contributed by atoms with van der Waals surface area (Å²) in [6, 6.07) is 0. The van der Waals surface area contributed by atoms with Crippen molar-refractivity contribution < 1.29 is 26.7 Å². The molecule has 0 aromatic carbocycles. The van der Waals surface area contributed by atoms with E-state index < -0.39 is 16.4 Å². The van der Waals surface area contributed by atoms with Gasteiger partial charge in [0, 0.05) is 13.0 Å². The molecule has 0 saturated carbocycles. The van der Waals surface area contributed by atoms with E-state index in [9.17, 15) is 22.2 Å². The number of quaternary nitrogens is 1. The summed E-state index contributed by atoms with van der Waals surface area (Å²) in [4.78, 5) is 10.3. The zero-order valence-electron chi connectivity index (χ0n) is 8.69. The Kier molecular flexibility index (Phi) is 5.12. The molecule has 0 heterocycles. The quantitative estimate of drug-likeness (QED) is 0.318. The topological polar surface area (TPSA) is 86.3 Å². The van der Waals surface area contributed by atoms with E-state index in [1.54, 1.807) is 18.8 Å². The molecule has 0 fully saturated rings. The van der Waals surface area contributed by atoms with Crippen LogP contribution in [0.5, 0.6) is 0 Å². The van der Waals surface area contributed by atoms with Crippen LogP contribution in [0.3, 0.4) is 0 Å². The Labute approximate surface area is 88.6 Å². The average molecular weight is 242 g/mol. The minimum Gasteiger partial charge on any atom is -0.544 e. The zero-order chi connectivity index (χ0) is 12.1. The third-order valence-corrected chi connectivity index (χ3v) is 2.32. The smallest absolute Gasteiger partial charge is 0.372 e. The Bertz CT molecular complexity index is 315. The van der Waals surface area contributed by atoms with Crippen LogP contribution in [0.15, 0.2) is 0 Å². The molecule has 0 aliphatic carbocycles. The molecule has 6 nitrogen and oxygen atoms in total. The number of nitrogens with zero attached hydrogens (tertiary/aromatic N) is 1. The number of carbonyl (C=O) groups excluding carboxylic acids is 1. The molecular formula is C7H15FN2O4S. The van der Waals surface area contributed by atoms with Gasteiger partial charge in [-0.2, -0.15) is 13.1 Å². The van der Waals surface area contributed by atoms with E-state index in [0.29, 0.717) is 13.0 Å². The number of hydrogen-bond donors (Lipinski definition) is 1. The van der Waals surface area contributed by atoms with Crippen LogP contribution >= 0.6 is 0 Å². The molecule has 15 heavy (non-hydrogen) atoms. The van der Waals surface area contributed by atoms with Crippen molar-refractivity contribution in [1.29, 1.82) is 0 Å². The van der Waals surface area contributed by atoms with Gasteiger partial charge in [0.25, 0.3) is 0 Å². The van der Waals surface area contributed by atoms with E-state index in [1.807, 2.05) is 0 Å². The molecule has 0 atom stereocenters. The van der Waals surface area contributed by atoms with Gasteiger partial charge in [-0.1, -0.05) is 3.89 Å².